The van der Waals surface area contributed by atoms with Crippen molar-refractivity contribution in [1.29, 1.82) is 0 Å². The van der Waals surface area contributed by atoms with Crippen LogP contribution in [0.2, 0.25) is 0 Å². The van der Waals surface area contributed by atoms with E-state index in [4.69, 9.17) is 9.84 Å². The molecule has 1 heterocycles. The molecule has 0 bridgehead atoms. The van der Waals surface area contributed by atoms with E-state index in [9.17, 15) is 14.0 Å². The second-order valence-corrected chi connectivity index (χ2v) is 6.35. The SMILES string of the molecule is CC(C)(C)OC(=O)N1CCC(F)C1c1cccc(C(=O)O)c1. The van der Waals surface area contributed by atoms with Crippen LogP contribution in [-0.4, -0.2) is 40.4 Å². The second-order valence-electron chi connectivity index (χ2n) is 6.35. The number of nitrogens with zero attached hydrogens (tertiary/aromatic N) is 1. The minimum Gasteiger partial charge on any atom is -0.478 e. The van der Waals surface area contributed by atoms with Gasteiger partial charge in [0.1, 0.15) is 11.8 Å². The molecule has 2 unspecified atom stereocenters. The summed E-state index contributed by atoms with van der Waals surface area (Å²) in [6.07, 6.45) is -1.61. The number of halogens is 1. The molecule has 1 aromatic rings. The summed E-state index contributed by atoms with van der Waals surface area (Å²) in [6.45, 7) is 5.48. The van der Waals surface area contributed by atoms with Crippen molar-refractivity contribution in [3.8, 4) is 0 Å². The molecule has 2 rings (SSSR count). The molecule has 2 atom stereocenters. The number of benzene rings is 1. The third-order valence-electron chi connectivity index (χ3n) is 3.43. The number of carboxylic acids is 1. The van der Waals surface area contributed by atoms with Crippen LogP contribution in [0.1, 0.15) is 49.2 Å². The Kier molecular flexibility index (Phi) is 4.39. The maximum atomic E-state index is 14.3. The van der Waals surface area contributed by atoms with E-state index in [1.807, 2.05) is 0 Å². The van der Waals surface area contributed by atoms with E-state index in [-0.39, 0.29) is 18.5 Å². The van der Waals surface area contributed by atoms with Crippen LogP contribution in [0.15, 0.2) is 24.3 Å². The summed E-state index contributed by atoms with van der Waals surface area (Å²) >= 11 is 0. The van der Waals surface area contributed by atoms with Gasteiger partial charge in [-0.15, -0.1) is 0 Å². The van der Waals surface area contributed by atoms with Crippen LogP contribution >= 0.6 is 0 Å². The molecular weight excluding hydrogens is 289 g/mol. The predicted octanol–water partition coefficient (Wildman–Crippen LogP) is 3.40. The Hall–Kier alpha value is -2.11. The van der Waals surface area contributed by atoms with Gasteiger partial charge < -0.3 is 9.84 Å². The molecule has 1 amide bonds. The standard InChI is InChI=1S/C16H20FNO4/c1-16(2,3)22-15(21)18-8-7-12(17)13(18)10-5-4-6-11(9-10)14(19)20/h4-6,9,12-13H,7-8H2,1-3H3,(H,19,20). The quantitative estimate of drug-likeness (QED) is 0.909. The highest BCUT2D eigenvalue weighted by Crippen LogP contribution is 2.35. The van der Waals surface area contributed by atoms with Gasteiger partial charge in [-0.1, -0.05) is 12.1 Å². The summed E-state index contributed by atoms with van der Waals surface area (Å²) in [7, 11) is 0. The molecule has 6 heteroatoms. The van der Waals surface area contributed by atoms with Gasteiger partial charge in [0.05, 0.1) is 11.6 Å². The normalized spacial score (nSPS) is 21.7. The maximum absolute atomic E-state index is 14.3. The fourth-order valence-corrected chi connectivity index (χ4v) is 2.52. The number of carbonyl (C=O) groups excluding carboxylic acids is 1. The van der Waals surface area contributed by atoms with E-state index >= 15 is 0 Å². The van der Waals surface area contributed by atoms with E-state index < -0.39 is 29.9 Å². The molecule has 1 fully saturated rings. The predicted molar refractivity (Wildman–Crippen MR) is 78.6 cm³/mol. The van der Waals surface area contributed by atoms with Gasteiger partial charge in [0.15, 0.2) is 0 Å². The third-order valence-corrected chi connectivity index (χ3v) is 3.43. The number of likely N-dealkylation sites (tertiary alicyclic amines) is 1. The monoisotopic (exact) mass is 309 g/mol. The van der Waals surface area contributed by atoms with E-state index in [1.54, 1.807) is 32.9 Å². The van der Waals surface area contributed by atoms with Crippen molar-refractivity contribution in [2.45, 2.75) is 45.0 Å². The summed E-state index contributed by atoms with van der Waals surface area (Å²) in [5.74, 6) is -1.08. The number of alkyl halides is 1. The fraction of sp³-hybridized carbons (Fsp3) is 0.500. The average molecular weight is 309 g/mol. The molecular formula is C16H20FNO4. The van der Waals surface area contributed by atoms with Crippen molar-refractivity contribution in [2.75, 3.05) is 6.54 Å². The molecule has 120 valence electrons. The van der Waals surface area contributed by atoms with Crippen molar-refractivity contribution in [1.82, 2.24) is 4.90 Å². The molecule has 0 aliphatic carbocycles. The van der Waals surface area contributed by atoms with Crippen molar-refractivity contribution in [3.63, 3.8) is 0 Å². The Bertz CT molecular complexity index is 582. The number of hydrogen-bond acceptors (Lipinski definition) is 3. The summed E-state index contributed by atoms with van der Waals surface area (Å²) in [6, 6.07) is 5.21. The number of aromatic carboxylic acids is 1. The molecule has 1 saturated heterocycles. The fourth-order valence-electron chi connectivity index (χ4n) is 2.52. The van der Waals surface area contributed by atoms with Crippen molar-refractivity contribution >= 4 is 12.1 Å². The lowest BCUT2D eigenvalue weighted by Gasteiger charge is -2.29. The van der Waals surface area contributed by atoms with Gasteiger partial charge in [-0.3, -0.25) is 4.90 Å². The number of carbonyl (C=O) groups is 2. The topological polar surface area (TPSA) is 66.8 Å². The molecule has 0 aromatic heterocycles. The maximum Gasteiger partial charge on any atom is 0.410 e. The summed E-state index contributed by atoms with van der Waals surface area (Å²) in [5, 5.41) is 9.05. The van der Waals surface area contributed by atoms with E-state index in [0.29, 0.717) is 5.56 Å². The Morgan fingerprint density at radius 2 is 2.05 bits per heavy atom. The van der Waals surface area contributed by atoms with E-state index in [0.717, 1.165) is 0 Å². The third kappa shape index (κ3) is 3.55. The first-order valence-corrected chi connectivity index (χ1v) is 7.16. The van der Waals surface area contributed by atoms with Gasteiger partial charge in [-0.25, -0.2) is 14.0 Å². The summed E-state index contributed by atoms with van der Waals surface area (Å²) in [5.41, 5.74) is -0.129. The van der Waals surface area contributed by atoms with Crippen LogP contribution < -0.4 is 0 Å². The van der Waals surface area contributed by atoms with Crippen LogP contribution in [0.25, 0.3) is 0 Å². The van der Waals surface area contributed by atoms with Crippen LogP contribution in [0.4, 0.5) is 9.18 Å². The van der Waals surface area contributed by atoms with Crippen molar-refractivity contribution in [3.05, 3.63) is 35.4 Å². The van der Waals surface area contributed by atoms with Crippen molar-refractivity contribution in [2.24, 2.45) is 0 Å². The van der Waals surface area contributed by atoms with Crippen LogP contribution in [0.5, 0.6) is 0 Å². The Balaban J connectivity index is 2.28. The van der Waals surface area contributed by atoms with Crippen LogP contribution in [0, 0.1) is 0 Å². The van der Waals surface area contributed by atoms with E-state index in [2.05, 4.69) is 0 Å². The largest absolute Gasteiger partial charge is 0.478 e. The lowest BCUT2D eigenvalue weighted by molar-refractivity contribution is 0.0194. The van der Waals surface area contributed by atoms with Gasteiger partial charge in [-0.05, 0) is 44.9 Å². The first kappa shape index (κ1) is 16.3. The second kappa shape index (κ2) is 5.94. The number of hydrogen-bond donors (Lipinski definition) is 1. The van der Waals surface area contributed by atoms with Gasteiger partial charge in [0.25, 0.3) is 0 Å². The molecule has 1 aliphatic heterocycles. The molecule has 1 aliphatic rings. The molecule has 0 saturated carbocycles. The first-order valence-electron chi connectivity index (χ1n) is 7.16. The van der Waals surface area contributed by atoms with E-state index in [1.165, 1.54) is 17.0 Å². The molecule has 1 aromatic carbocycles. The summed E-state index contributed by atoms with van der Waals surface area (Å²) < 4.78 is 19.6. The number of rotatable bonds is 2. The smallest absolute Gasteiger partial charge is 0.410 e. The first-order chi connectivity index (χ1) is 10.2. The molecule has 0 spiro atoms. The summed E-state index contributed by atoms with van der Waals surface area (Å²) in [4.78, 5) is 24.6. The van der Waals surface area contributed by atoms with Crippen LogP contribution in [0.3, 0.4) is 0 Å². The minimum atomic E-state index is -1.24. The Labute approximate surface area is 128 Å². The zero-order valence-corrected chi connectivity index (χ0v) is 12.9. The zero-order valence-electron chi connectivity index (χ0n) is 12.9. The van der Waals surface area contributed by atoms with Gasteiger partial charge >= 0.3 is 12.1 Å². The molecule has 0 radical (unpaired) electrons. The lowest BCUT2D eigenvalue weighted by atomic mass is 10.0. The van der Waals surface area contributed by atoms with Gasteiger partial charge in [0.2, 0.25) is 0 Å². The molecule has 22 heavy (non-hydrogen) atoms. The molecule has 1 N–H and O–H groups in total. The van der Waals surface area contributed by atoms with Gasteiger partial charge in [-0.2, -0.15) is 0 Å². The number of amides is 1. The highest BCUT2D eigenvalue weighted by atomic mass is 19.1. The number of carboxylic acid groups (broad SMARTS) is 1. The van der Waals surface area contributed by atoms with Crippen molar-refractivity contribution < 1.29 is 23.8 Å². The average Bonchev–Trinajstić information content (AvgIpc) is 2.79. The van der Waals surface area contributed by atoms with Gasteiger partial charge in [0, 0.05) is 6.54 Å². The Morgan fingerprint density at radius 3 is 2.64 bits per heavy atom. The highest BCUT2D eigenvalue weighted by Gasteiger charge is 2.40. The minimum absolute atomic E-state index is 0.0701. The zero-order chi connectivity index (χ0) is 16.5. The molecule has 5 nitrogen and oxygen atoms in total. The van der Waals surface area contributed by atoms with Crippen LogP contribution in [-0.2, 0) is 4.74 Å². The Morgan fingerprint density at radius 1 is 1.36 bits per heavy atom. The lowest BCUT2D eigenvalue weighted by Crippen LogP contribution is -2.37. The highest BCUT2D eigenvalue weighted by molar-refractivity contribution is 5.87. The number of ether oxygens (including phenoxy) is 1.